The van der Waals surface area contributed by atoms with Crippen LogP contribution in [0.25, 0.3) is 0 Å². The molecule has 0 aromatic heterocycles. The van der Waals surface area contributed by atoms with Gasteiger partial charge in [0, 0.05) is 11.8 Å². The van der Waals surface area contributed by atoms with Gasteiger partial charge in [0.2, 0.25) is 0 Å². The van der Waals surface area contributed by atoms with Gasteiger partial charge in [0.05, 0.1) is 0 Å². The van der Waals surface area contributed by atoms with Crippen LogP contribution in [-0.4, -0.2) is 12.1 Å². The molecule has 0 radical (unpaired) electrons. The van der Waals surface area contributed by atoms with E-state index < -0.39 is 0 Å². The van der Waals surface area contributed by atoms with Crippen LogP contribution in [-0.2, 0) is 9.59 Å². The molecule has 4 aliphatic rings. The predicted molar refractivity (Wildman–Crippen MR) is 132 cm³/mol. The van der Waals surface area contributed by atoms with E-state index in [1.807, 2.05) is 6.92 Å². The van der Waals surface area contributed by atoms with Gasteiger partial charge in [0.25, 0.3) is 0 Å². The molecule has 0 bridgehead atoms. The largest absolute Gasteiger partial charge is 0.299 e. The first kappa shape index (κ1) is 23.7. The predicted octanol–water partition coefficient (Wildman–Crippen LogP) is 7.64. The minimum Gasteiger partial charge on any atom is -0.299 e. The number of hydrogen-bond acceptors (Lipinski definition) is 2. The maximum absolute atomic E-state index is 12.8. The number of Topliss-reactive ketones (excluding diaryl/α,β-unsaturated/α-hetero) is 1. The van der Waals surface area contributed by atoms with Crippen molar-refractivity contribution in [2.75, 3.05) is 0 Å². The van der Waals surface area contributed by atoms with Crippen molar-refractivity contribution in [2.45, 2.75) is 99.8 Å². The number of allylic oxidation sites excluding steroid dienone is 6. The first-order chi connectivity index (χ1) is 14.9. The number of fused-ring (bicyclic) bond motifs is 5. The second-order valence-corrected chi connectivity index (χ2v) is 12.8. The van der Waals surface area contributed by atoms with E-state index in [4.69, 9.17) is 0 Å². The number of aldehydes is 1. The first-order valence-electron chi connectivity index (χ1n) is 13.0. The highest BCUT2D eigenvalue weighted by Gasteiger charge is 2.63. The Hall–Kier alpha value is -1.44. The van der Waals surface area contributed by atoms with E-state index in [0.717, 1.165) is 50.4 Å². The van der Waals surface area contributed by atoms with Crippen molar-refractivity contribution in [3.63, 3.8) is 0 Å². The Morgan fingerprint density at radius 2 is 1.84 bits per heavy atom. The number of hydrogen-bond donors (Lipinski definition) is 0. The van der Waals surface area contributed by atoms with Gasteiger partial charge in [0.1, 0.15) is 12.1 Å². The summed E-state index contributed by atoms with van der Waals surface area (Å²) in [7, 11) is 0. The number of rotatable bonds is 5. The zero-order chi connectivity index (χ0) is 23.5. The molecule has 2 saturated carbocycles. The molecule has 0 amide bonds. The highest BCUT2D eigenvalue weighted by Crippen LogP contribution is 2.71. The molecule has 6 atom stereocenters. The van der Waals surface area contributed by atoms with Crippen molar-refractivity contribution in [1.82, 2.24) is 0 Å². The second-order valence-electron chi connectivity index (χ2n) is 12.8. The SMILES string of the molecule is C/C(C=O)=C\CCC(C)[C@H]1CC[C@@]2(C)C3=CC[C@H]4C(C)(C)C(=O)CC[C@]4(C)C3=CC[C@]12C. The third-order valence-electron chi connectivity index (χ3n) is 11.0. The molecular formula is C30H44O2. The van der Waals surface area contributed by atoms with Crippen LogP contribution in [0.5, 0.6) is 0 Å². The number of carbonyl (C=O) groups is 2. The maximum atomic E-state index is 12.8. The van der Waals surface area contributed by atoms with Crippen LogP contribution in [0.2, 0.25) is 0 Å². The fourth-order valence-corrected chi connectivity index (χ4v) is 8.58. The Balaban J connectivity index is 1.64. The summed E-state index contributed by atoms with van der Waals surface area (Å²) >= 11 is 0. The summed E-state index contributed by atoms with van der Waals surface area (Å²) in [5.74, 6) is 2.25. The number of ketones is 1. The Morgan fingerprint density at radius 1 is 1.12 bits per heavy atom. The molecule has 0 heterocycles. The van der Waals surface area contributed by atoms with Crippen molar-refractivity contribution in [3.8, 4) is 0 Å². The van der Waals surface area contributed by atoms with Crippen LogP contribution < -0.4 is 0 Å². The molecule has 32 heavy (non-hydrogen) atoms. The van der Waals surface area contributed by atoms with Gasteiger partial charge < -0.3 is 0 Å². The standard InChI is InChI=1S/C30H44O2/c1-20(19-31)9-8-10-21(2)22-13-17-30(7)24-11-12-25-27(3,4)26(32)15-16-28(25,5)23(24)14-18-29(22,30)6/h9,11,14,19,21-22,25H,8,10,12-13,15-18H2,1-7H3/b20-9+/t21?,22-,25+,28-,29-,30+/m1/s1. The van der Waals surface area contributed by atoms with Gasteiger partial charge in [-0.3, -0.25) is 9.59 Å². The highest BCUT2D eigenvalue weighted by molar-refractivity contribution is 5.86. The Labute approximate surface area is 196 Å². The molecule has 0 aliphatic heterocycles. The van der Waals surface area contributed by atoms with Gasteiger partial charge in [0.15, 0.2) is 0 Å². The van der Waals surface area contributed by atoms with Gasteiger partial charge in [-0.25, -0.2) is 0 Å². The quantitative estimate of drug-likeness (QED) is 0.328. The number of carbonyl (C=O) groups excluding carboxylic acids is 2. The maximum Gasteiger partial charge on any atom is 0.145 e. The van der Waals surface area contributed by atoms with Gasteiger partial charge in [-0.05, 0) is 103 Å². The molecular weight excluding hydrogens is 392 g/mol. The van der Waals surface area contributed by atoms with E-state index in [2.05, 4.69) is 59.8 Å². The lowest BCUT2D eigenvalue weighted by atomic mass is 9.44. The van der Waals surface area contributed by atoms with E-state index in [1.165, 1.54) is 12.8 Å². The molecule has 2 nitrogen and oxygen atoms in total. The first-order valence-corrected chi connectivity index (χ1v) is 13.0. The van der Waals surface area contributed by atoms with Crippen molar-refractivity contribution in [3.05, 3.63) is 34.9 Å². The van der Waals surface area contributed by atoms with Gasteiger partial charge in [-0.1, -0.05) is 59.8 Å². The summed E-state index contributed by atoms with van der Waals surface area (Å²) < 4.78 is 0. The molecule has 0 saturated heterocycles. The molecule has 176 valence electrons. The van der Waals surface area contributed by atoms with Crippen molar-refractivity contribution in [2.24, 2.45) is 39.4 Å². The summed E-state index contributed by atoms with van der Waals surface area (Å²) in [6.45, 7) is 16.3. The van der Waals surface area contributed by atoms with Gasteiger partial charge in [-0.2, -0.15) is 0 Å². The molecule has 0 spiro atoms. The van der Waals surface area contributed by atoms with Gasteiger partial charge >= 0.3 is 0 Å². The fourth-order valence-electron chi connectivity index (χ4n) is 8.58. The van der Waals surface area contributed by atoms with E-state index in [0.29, 0.717) is 23.5 Å². The molecule has 4 rings (SSSR count). The third kappa shape index (κ3) is 3.18. The second kappa shape index (κ2) is 7.81. The minimum absolute atomic E-state index is 0.132. The summed E-state index contributed by atoms with van der Waals surface area (Å²) in [5, 5.41) is 0. The molecule has 1 unspecified atom stereocenters. The lowest BCUT2D eigenvalue weighted by Crippen LogP contribution is -2.53. The average molecular weight is 437 g/mol. The summed E-state index contributed by atoms with van der Waals surface area (Å²) in [4.78, 5) is 23.7. The average Bonchev–Trinajstić information content (AvgIpc) is 3.02. The van der Waals surface area contributed by atoms with E-state index in [-0.39, 0.29) is 21.7 Å². The monoisotopic (exact) mass is 436 g/mol. The zero-order valence-corrected chi connectivity index (χ0v) is 21.5. The lowest BCUT2D eigenvalue weighted by Gasteiger charge is -2.59. The lowest BCUT2D eigenvalue weighted by molar-refractivity contribution is -0.138. The van der Waals surface area contributed by atoms with E-state index in [1.54, 1.807) is 11.1 Å². The molecule has 2 fully saturated rings. The highest BCUT2D eigenvalue weighted by atomic mass is 16.1. The molecule has 0 N–H and O–H groups in total. The zero-order valence-electron chi connectivity index (χ0n) is 21.5. The summed E-state index contributed by atoms with van der Waals surface area (Å²) in [6, 6.07) is 0. The molecule has 0 aromatic rings. The Bertz CT molecular complexity index is 902. The van der Waals surface area contributed by atoms with E-state index >= 15 is 0 Å². The normalized spacial score (nSPS) is 41.7. The van der Waals surface area contributed by atoms with Crippen LogP contribution >= 0.6 is 0 Å². The molecule has 2 heteroatoms. The smallest absolute Gasteiger partial charge is 0.145 e. The molecule has 0 aromatic carbocycles. The van der Waals surface area contributed by atoms with Gasteiger partial charge in [-0.15, -0.1) is 0 Å². The van der Waals surface area contributed by atoms with Crippen LogP contribution in [0.15, 0.2) is 34.9 Å². The third-order valence-corrected chi connectivity index (χ3v) is 11.0. The van der Waals surface area contributed by atoms with Crippen molar-refractivity contribution >= 4 is 12.1 Å². The minimum atomic E-state index is -0.225. The van der Waals surface area contributed by atoms with Crippen LogP contribution in [0.4, 0.5) is 0 Å². The van der Waals surface area contributed by atoms with Crippen molar-refractivity contribution in [1.29, 1.82) is 0 Å². The Morgan fingerprint density at radius 3 is 2.53 bits per heavy atom. The topological polar surface area (TPSA) is 34.1 Å². The van der Waals surface area contributed by atoms with Crippen molar-refractivity contribution < 1.29 is 9.59 Å². The van der Waals surface area contributed by atoms with Crippen LogP contribution in [0.1, 0.15) is 99.8 Å². The fraction of sp³-hybridized carbons (Fsp3) is 0.733. The van der Waals surface area contributed by atoms with E-state index in [9.17, 15) is 9.59 Å². The molecule has 4 aliphatic carbocycles. The summed E-state index contributed by atoms with van der Waals surface area (Å²) in [5.41, 5.74) is 4.49. The summed E-state index contributed by atoms with van der Waals surface area (Å²) in [6.07, 6.45) is 16.9. The van der Waals surface area contributed by atoms with Crippen LogP contribution in [0.3, 0.4) is 0 Å². The van der Waals surface area contributed by atoms with Crippen LogP contribution in [0, 0.1) is 39.4 Å². The Kier molecular flexibility index (Phi) is 5.79.